The number of rotatable bonds is 4. The summed E-state index contributed by atoms with van der Waals surface area (Å²) in [6.45, 7) is 0. The van der Waals surface area contributed by atoms with Gasteiger partial charge < -0.3 is 0 Å². The molecule has 2 aliphatic carbocycles. The number of pyridine rings is 2. The number of carbonyl (C=O) groups excluding carboxylic acids is 2. The average Bonchev–Trinajstić information content (AvgIpc) is 3.38. The number of ketones is 2. The van der Waals surface area contributed by atoms with Crippen molar-refractivity contribution in [1.29, 1.82) is 0 Å². The van der Waals surface area contributed by atoms with Gasteiger partial charge in [-0.15, -0.1) is 0 Å². The maximum Gasteiger partial charge on any atom is 0.185 e. The second kappa shape index (κ2) is 9.75. The Balaban J connectivity index is 1.28. The molecule has 0 unspecified atom stereocenters. The van der Waals surface area contributed by atoms with E-state index in [1.54, 1.807) is 24.8 Å². The fraction of sp³-hybridized carbons (Fsp3) is 0.133. The molecular formula is C30H24N2O2. The van der Waals surface area contributed by atoms with Gasteiger partial charge in [0.25, 0.3) is 0 Å². The van der Waals surface area contributed by atoms with Crippen LogP contribution in [0.25, 0.3) is 24.3 Å². The Kier molecular flexibility index (Phi) is 6.21. The molecule has 2 aliphatic rings. The number of nitrogens with zero attached hydrogens (tertiary/aromatic N) is 2. The van der Waals surface area contributed by atoms with Crippen molar-refractivity contribution in [2.45, 2.75) is 25.7 Å². The molecule has 5 rings (SSSR count). The third-order valence-electron chi connectivity index (χ3n) is 6.16. The van der Waals surface area contributed by atoms with Gasteiger partial charge in [0.1, 0.15) is 0 Å². The van der Waals surface area contributed by atoms with Crippen molar-refractivity contribution in [1.82, 2.24) is 9.97 Å². The Labute approximate surface area is 199 Å². The highest BCUT2D eigenvalue weighted by atomic mass is 16.1. The third kappa shape index (κ3) is 4.91. The highest BCUT2D eigenvalue weighted by Gasteiger charge is 2.24. The number of carbonyl (C=O) groups is 2. The maximum atomic E-state index is 12.8. The van der Waals surface area contributed by atoms with Crippen LogP contribution in [0, 0.1) is 0 Å². The molecule has 2 fully saturated rings. The van der Waals surface area contributed by atoms with Crippen molar-refractivity contribution in [3.8, 4) is 0 Å². The molecule has 2 heterocycles. The van der Waals surface area contributed by atoms with Crippen LogP contribution in [0.1, 0.15) is 47.9 Å². The van der Waals surface area contributed by atoms with E-state index in [9.17, 15) is 9.59 Å². The second-order valence-electron chi connectivity index (χ2n) is 8.58. The smallest absolute Gasteiger partial charge is 0.185 e. The van der Waals surface area contributed by atoms with Gasteiger partial charge >= 0.3 is 0 Å². The molecule has 1 aromatic carbocycles. The number of hydrogen-bond acceptors (Lipinski definition) is 4. The molecule has 34 heavy (non-hydrogen) atoms. The molecule has 2 saturated carbocycles. The molecule has 0 atom stereocenters. The normalized spacial score (nSPS) is 20.8. The molecule has 166 valence electrons. The van der Waals surface area contributed by atoms with Crippen LogP contribution < -0.4 is 0 Å². The first kappa shape index (κ1) is 21.7. The van der Waals surface area contributed by atoms with Crippen LogP contribution in [-0.4, -0.2) is 21.5 Å². The molecule has 0 N–H and O–H groups in total. The lowest BCUT2D eigenvalue weighted by molar-refractivity contribution is -0.112. The number of Topliss-reactive ketones (excluding diaryl/α,β-unsaturated/α-hetero) is 2. The number of hydrogen-bond donors (Lipinski definition) is 0. The zero-order valence-corrected chi connectivity index (χ0v) is 18.8. The monoisotopic (exact) mass is 444 g/mol. The van der Waals surface area contributed by atoms with Gasteiger partial charge in [-0.3, -0.25) is 19.6 Å². The highest BCUT2D eigenvalue weighted by Crippen LogP contribution is 2.31. The Morgan fingerprint density at radius 1 is 0.500 bits per heavy atom. The summed E-state index contributed by atoms with van der Waals surface area (Å²) in [5.74, 6) is 0.221. The number of allylic oxidation sites excluding steroid dienone is 4. The van der Waals surface area contributed by atoms with Crippen LogP contribution in [0.2, 0.25) is 0 Å². The van der Waals surface area contributed by atoms with E-state index in [2.05, 4.69) is 9.97 Å². The van der Waals surface area contributed by atoms with Crippen LogP contribution in [0.3, 0.4) is 0 Å². The summed E-state index contributed by atoms with van der Waals surface area (Å²) in [4.78, 5) is 33.8. The summed E-state index contributed by atoms with van der Waals surface area (Å²) in [7, 11) is 0. The first-order valence-electron chi connectivity index (χ1n) is 11.5. The zero-order chi connectivity index (χ0) is 23.3. The molecule has 0 radical (unpaired) electrons. The van der Waals surface area contributed by atoms with Crippen LogP contribution in [-0.2, 0) is 9.59 Å². The van der Waals surface area contributed by atoms with E-state index in [4.69, 9.17) is 0 Å². The van der Waals surface area contributed by atoms with Crippen molar-refractivity contribution >= 4 is 35.9 Å². The standard InChI is InChI=1S/C30H24N2O2/c33-29-25(9-11-27(29)17-23-3-1-13-31-19-23)15-21-5-7-22(8-6-21)16-26-10-12-28(30(26)34)18-24-4-2-14-32-20-24/h1-8,13-20H,9-12H2/b25-15+,26-16+,27-17+,28-18+. The molecule has 0 spiro atoms. The fourth-order valence-corrected chi connectivity index (χ4v) is 4.37. The van der Waals surface area contributed by atoms with Gasteiger partial charge in [0.2, 0.25) is 0 Å². The summed E-state index contributed by atoms with van der Waals surface area (Å²) >= 11 is 0. The predicted molar refractivity (Wildman–Crippen MR) is 135 cm³/mol. The van der Waals surface area contributed by atoms with Crippen molar-refractivity contribution in [3.05, 3.63) is 118 Å². The van der Waals surface area contributed by atoms with E-state index in [0.717, 1.165) is 70.2 Å². The Morgan fingerprint density at radius 3 is 1.18 bits per heavy atom. The molecule has 0 saturated heterocycles. The molecule has 0 amide bonds. The number of aromatic nitrogens is 2. The zero-order valence-electron chi connectivity index (χ0n) is 18.8. The molecule has 3 aromatic rings. The van der Waals surface area contributed by atoms with Gasteiger partial charge in [-0.05, 0) is 84.4 Å². The van der Waals surface area contributed by atoms with Crippen LogP contribution >= 0.6 is 0 Å². The predicted octanol–water partition coefficient (Wildman–Crippen LogP) is 6.14. The van der Waals surface area contributed by atoms with Gasteiger partial charge in [-0.25, -0.2) is 0 Å². The van der Waals surface area contributed by atoms with E-state index in [1.165, 1.54) is 0 Å². The van der Waals surface area contributed by atoms with E-state index in [0.29, 0.717) is 0 Å². The maximum absolute atomic E-state index is 12.8. The van der Waals surface area contributed by atoms with Crippen LogP contribution in [0.15, 0.2) is 95.6 Å². The third-order valence-corrected chi connectivity index (χ3v) is 6.16. The first-order chi connectivity index (χ1) is 16.7. The molecule has 0 bridgehead atoms. The summed E-state index contributed by atoms with van der Waals surface area (Å²) in [6.07, 6.45) is 17.8. The Bertz CT molecular complexity index is 1240. The Morgan fingerprint density at radius 2 is 0.853 bits per heavy atom. The van der Waals surface area contributed by atoms with E-state index >= 15 is 0 Å². The van der Waals surface area contributed by atoms with Crippen LogP contribution in [0.5, 0.6) is 0 Å². The average molecular weight is 445 g/mol. The molecule has 2 aromatic heterocycles. The van der Waals surface area contributed by atoms with Gasteiger partial charge in [0.15, 0.2) is 11.6 Å². The molecule has 4 nitrogen and oxygen atoms in total. The lowest BCUT2D eigenvalue weighted by Crippen LogP contribution is -1.96. The van der Waals surface area contributed by atoms with Gasteiger partial charge in [0, 0.05) is 47.1 Å². The first-order valence-corrected chi connectivity index (χ1v) is 11.5. The quantitative estimate of drug-likeness (QED) is 0.454. The van der Waals surface area contributed by atoms with Crippen LogP contribution in [0.4, 0.5) is 0 Å². The van der Waals surface area contributed by atoms with E-state index < -0.39 is 0 Å². The molecular weight excluding hydrogens is 420 g/mol. The summed E-state index contributed by atoms with van der Waals surface area (Å²) < 4.78 is 0. The minimum Gasteiger partial charge on any atom is -0.289 e. The summed E-state index contributed by atoms with van der Waals surface area (Å²) in [5.41, 5.74) is 7.20. The second-order valence-corrected chi connectivity index (χ2v) is 8.58. The van der Waals surface area contributed by atoms with E-state index in [-0.39, 0.29) is 11.6 Å². The fourth-order valence-electron chi connectivity index (χ4n) is 4.37. The van der Waals surface area contributed by atoms with Gasteiger partial charge in [-0.2, -0.15) is 0 Å². The number of benzene rings is 1. The van der Waals surface area contributed by atoms with Crippen molar-refractivity contribution in [2.75, 3.05) is 0 Å². The largest absolute Gasteiger partial charge is 0.289 e. The lowest BCUT2D eigenvalue weighted by atomic mass is 10.0. The lowest BCUT2D eigenvalue weighted by Gasteiger charge is -2.00. The van der Waals surface area contributed by atoms with Gasteiger partial charge in [0.05, 0.1) is 0 Å². The van der Waals surface area contributed by atoms with Gasteiger partial charge in [-0.1, -0.05) is 36.4 Å². The molecule has 4 heteroatoms. The summed E-state index contributed by atoms with van der Waals surface area (Å²) in [6, 6.07) is 15.7. The Hall–Kier alpha value is -4.18. The topological polar surface area (TPSA) is 59.9 Å². The summed E-state index contributed by atoms with van der Waals surface area (Å²) in [5, 5.41) is 0. The van der Waals surface area contributed by atoms with E-state index in [1.807, 2.05) is 72.8 Å². The minimum atomic E-state index is 0.111. The highest BCUT2D eigenvalue weighted by molar-refractivity contribution is 6.16. The van der Waals surface area contributed by atoms with Crippen molar-refractivity contribution < 1.29 is 9.59 Å². The minimum absolute atomic E-state index is 0.111. The SMILES string of the molecule is O=C1/C(=C/c2ccc(/C=C3\CC/C(=C\c4cccnc4)C3=O)cc2)CC/C1=C\c1cccnc1. The van der Waals surface area contributed by atoms with Crippen molar-refractivity contribution in [3.63, 3.8) is 0 Å². The molecule has 0 aliphatic heterocycles. The van der Waals surface area contributed by atoms with Crippen molar-refractivity contribution in [2.24, 2.45) is 0 Å².